The van der Waals surface area contributed by atoms with Gasteiger partial charge in [-0.3, -0.25) is 4.98 Å². The average Bonchev–Trinajstić information content (AvgIpc) is 2.33. The first kappa shape index (κ1) is 11.4. The fraction of sp³-hybridized carbons (Fsp3) is 0.0833. The summed E-state index contributed by atoms with van der Waals surface area (Å²) in [7, 11) is 0. The lowest BCUT2D eigenvalue weighted by Gasteiger charge is -2.05. The molecule has 0 amide bonds. The van der Waals surface area contributed by atoms with Crippen LogP contribution in [0.15, 0.2) is 36.7 Å². The molecule has 1 aromatic carbocycles. The predicted molar refractivity (Wildman–Crippen MR) is 64.2 cm³/mol. The highest BCUT2D eigenvalue weighted by Crippen LogP contribution is 2.27. The first-order valence-electron chi connectivity index (χ1n) is 4.66. The van der Waals surface area contributed by atoms with E-state index >= 15 is 0 Å². The molecule has 0 aliphatic carbocycles. The lowest BCUT2D eigenvalue weighted by molar-refractivity contribution is 0.631. The summed E-state index contributed by atoms with van der Waals surface area (Å²) in [5.74, 6) is -0.0825. The third-order valence-electron chi connectivity index (χ3n) is 2.21. The van der Waals surface area contributed by atoms with Crippen LogP contribution in [0.4, 0.5) is 4.39 Å². The minimum absolute atomic E-state index is 0.105. The fourth-order valence-corrected chi connectivity index (χ4v) is 1.76. The maximum atomic E-state index is 13.7. The summed E-state index contributed by atoms with van der Waals surface area (Å²) in [5.41, 5.74) is 1.96. The lowest BCUT2D eigenvalue weighted by atomic mass is 10.1. The van der Waals surface area contributed by atoms with Crippen molar-refractivity contribution in [1.82, 2.24) is 4.98 Å². The summed E-state index contributed by atoms with van der Waals surface area (Å²) in [4.78, 5) is 4.01. The number of rotatable bonds is 2. The Hall–Kier alpha value is -1.12. The molecule has 0 spiro atoms. The fourth-order valence-electron chi connectivity index (χ4n) is 1.43. The molecule has 0 aliphatic rings. The molecule has 16 heavy (non-hydrogen) atoms. The molecule has 0 atom stereocenters. The Morgan fingerprint density at radius 1 is 1.25 bits per heavy atom. The number of hydrogen-bond donors (Lipinski definition) is 0. The number of alkyl halides is 1. The highest BCUT2D eigenvalue weighted by atomic mass is 35.5. The predicted octanol–water partition coefficient (Wildman–Crippen LogP) is 4.28. The maximum Gasteiger partial charge on any atom is 0.149 e. The van der Waals surface area contributed by atoms with Gasteiger partial charge in [0.15, 0.2) is 0 Å². The van der Waals surface area contributed by atoms with Crippen LogP contribution in [-0.4, -0.2) is 4.98 Å². The van der Waals surface area contributed by atoms with Gasteiger partial charge in [0, 0.05) is 29.4 Å². The second kappa shape index (κ2) is 4.81. The SMILES string of the molecule is Fc1c(Cl)cccc1-c1cncc(CCl)c1. The normalized spacial score (nSPS) is 10.4. The largest absolute Gasteiger partial charge is 0.264 e. The molecular weight excluding hydrogens is 248 g/mol. The monoisotopic (exact) mass is 255 g/mol. The van der Waals surface area contributed by atoms with Gasteiger partial charge in [-0.25, -0.2) is 4.39 Å². The second-order valence-corrected chi connectivity index (χ2v) is 3.99. The van der Waals surface area contributed by atoms with Crippen LogP contribution in [-0.2, 0) is 5.88 Å². The zero-order chi connectivity index (χ0) is 11.5. The van der Waals surface area contributed by atoms with Gasteiger partial charge in [-0.1, -0.05) is 23.7 Å². The van der Waals surface area contributed by atoms with Crippen LogP contribution in [0, 0.1) is 5.82 Å². The maximum absolute atomic E-state index is 13.7. The van der Waals surface area contributed by atoms with E-state index in [0.717, 1.165) is 5.56 Å². The van der Waals surface area contributed by atoms with Crippen LogP contribution in [0.5, 0.6) is 0 Å². The highest BCUT2D eigenvalue weighted by molar-refractivity contribution is 6.31. The van der Waals surface area contributed by atoms with Gasteiger partial charge in [-0.05, 0) is 17.7 Å². The van der Waals surface area contributed by atoms with Crippen molar-refractivity contribution in [2.24, 2.45) is 0 Å². The second-order valence-electron chi connectivity index (χ2n) is 3.32. The number of aromatic nitrogens is 1. The summed E-state index contributed by atoms with van der Waals surface area (Å²) in [5, 5.41) is 0.105. The van der Waals surface area contributed by atoms with E-state index in [1.807, 2.05) is 0 Å². The molecule has 0 radical (unpaired) electrons. The first-order chi connectivity index (χ1) is 7.72. The Labute approximate surface area is 103 Å². The lowest BCUT2D eigenvalue weighted by Crippen LogP contribution is -1.88. The summed E-state index contributed by atoms with van der Waals surface area (Å²) >= 11 is 11.4. The summed E-state index contributed by atoms with van der Waals surface area (Å²) < 4.78 is 13.7. The van der Waals surface area contributed by atoms with Crippen molar-refractivity contribution in [3.8, 4) is 11.1 Å². The van der Waals surface area contributed by atoms with E-state index in [4.69, 9.17) is 23.2 Å². The third-order valence-corrected chi connectivity index (χ3v) is 2.81. The quantitative estimate of drug-likeness (QED) is 0.731. The van der Waals surface area contributed by atoms with Crippen molar-refractivity contribution < 1.29 is 4.39 Å². The summed E-state index contributed by atoms with van der Waals surface area (Å²) in [6.07, 6.45) is 3.24. The summed E-state index contributed by atoms with van der Waals surface area (Å²) in [6.45, 7) is 0. The number of benzene rings is 1. The van der Waals surface area contributed by atoms with E-state index in [-0.39, 0.29) is 5.02 Å². The molecule has 0 aliphatic heterocycles. The minimum atomic E-state index is -0.433. The molecule has 0 bridgehead atoms. The Bertz CT molecular complexity index is 514. The molecule has 2 aromatic rings. The van der Waals surface area contributed by atoms with Crippen molar-refractivity contribution in [3.63, 3.8) is 0 Å². The molecule has 4 heteroatoms. The summed E-state index contributed by atoms with van der Waals surface area (Å²) in [6, 6.07) is 6.68. The zero-order valence-corrected chi connectivity index (χ0v) is 9.76. The highest BCUT2D eigenvalue weighted by Gasteiger charge is 2.08. The van der Waals surface area contributed by atoms with Crippen LogP contribution in [0.1, 0.15) is 5.56 Å². The van der Waals surface area contributed by atoms with Gasteiger partial charge < -0.3 is 0 Å². The zero-order valence-electron chi connectivity index (χ0n) is 8.25. The number of hydrogen-bond acceptors (Lipinski definition) is 1. The van der Waals surface area contributed by atoms with Crippen LogP contribution < -0.4 is 0 Å². The Morgan fingerprint density at radius 3 is 2.81 bits per heavy atom. The van der Waals surface area contributed by atoms with E-state index in [2.05, 4.69) is 4.98 Å². The molecule has 1 aromatic heterocycles. The van der Waals surface area contributed by atoms with Gasteiger partial charge in [0.1, 0.15) is 5.82 Å². The first-order valence-corrected chi connectivity index (χ1v) is 5.58. The van der Waals surface area contributed by atoms with Crippen LogP contribution in [0.25, 0.3) is 11.1 Å². The Kier molecular flexibility index (Phi) is 3.42. The van der Waals surface area contributed by atoms with E-state index in [0.29, 0.717) is 17.0 Å². The standard InChI is InChI=1S/C12H8Cl2FN/c13-5-8-4-9(7-16-6-8)10-2-1-3-11(14)12(10)15/h1-4,6-7H,5H2. The van der Waals surface area contributed by atoms with Gasteiger partial charge in [-0.2, -0.15) is 0 Å². The third kappa shape index (κ3) is 2.18. The van der Waals surface area contributed by atoms with Crippen molar-refractivity contribution in [3.05, 3.63) is 53.1 Å². The van der Waals surface area contributed by atoms with E-state index in [1.54, 1.807) is 30.6 Å². The molecule has 2 rings (SSSR count). The molecule has 0 N–H and O–H groups in total. The van der Waals surface area contributed by atoms with Crippen molar-refractivity contribution >= 4 is 23.2 Å². The van der Waals surface area contributed by atoms with E-state index in [9.17, 15) is 4.39 Å². The Balaban J connectivity index is 2.54. The van der Waals surface area contributed by atoms with Gasteiger partial charge in [0.2, 0.25) is 0 Å². The van der Waals surface area contributed by atoms with Gasteiger partial charge in [-0.15, -0.1) is 11.6 Å². The Morgan fingerprint density at radius 2 is 2.06 bits per heavy atom. The van der Waals surface area contributed by atoms with Gasteiger partial charge in [0.05, 0.1) is 5.02 Å². The van der Waals surface area contributed by atoms with Gasteiger partial charge >= 0.3 is 0 Å². The molecule has 1 nitrogen and oxygen atoms in total. The van der Waals surface area contributed by atoms with Crippen molar-refractivity contribution in [2.45, 2.75) is 5.88 Å². The molecule has 1 heterocycles. The van der Waals surface area contributed by atoms with Crippen LogP contribution in [0.3, 0.4) is 0 Å². The minimum Gasteiger partial charge on any atom is -0.264 e. The molecular formula is C12H8Cl2FN. The smallest absolute Gasteiger partial charge is 0.149 e. The molecule has 0 saturated carbocycles. The van der Waals surface area contributed by atoms with Crippen molar-refractivity contribution in [2.75, 3.05) is 0 Å². The number of halogens is 3. The molecule has 0 unspecified atom stereocenters. The number of pyridine rings is 1. The topological polar surface area (TPSA) is 12.9 Å². The molecule has 0 saturated heterocycles. The van der Waals surface area contributed by atoms with E-state index < -0.39 is 5.82 Å². The molecule has 0 fully saturated rings. The van der Waals surface area contributed by atoms with Crippen LogP contribution in [0.2, 0.25) is 5.02 Å². The average molecular weight is 256 g/mol. The van der Waals surface area contributed by atoms with E-state index in [1.165, 1.54) is 6.07 Å². The number of nitrogens with zero attached hydrogens (tertiary/aromatic N) is 1. The van der Waals surface area contributed by atoms with Gasteiger partial charge in [0.25, 0.3) is 0 Å². The van der Waals surface area contributed by atoms with Crippen LogP contribution >= 0.6 is 23.2 Å². The molecule has 82 valence electrons. The van der Waals surface area contributed by atoms with Crippen molar-refractivity contribution in [1.29, 1.82) is 0 Å².